The topological polar surface area (TPSA) is 27.1 Å². The highest BCUT2D eigenvalue weighted by atomic mass is 16.5. The smallest absolute Gasteiger partial charge is 0.0596 e. The molecule has 0 amide bonds. The molecule has 1 aromatic heterocycles. The minimum Gasteiger partial charge on any atom is -0.381 e. The minimum absolute atomic E-state index is 0.653. The van der Waals surface area contributed by atoms with Gasteiger partial charge in [0.2, 0.25) is 0 Å². The largest absolute Gasteiger partial charge is 0.381 e. The summed E-state index contributed by atoms with van der Waals surface area (Å²) in [5, 5.41) is 4.36. The summed E-state index contributed by atoms with van der Waals surface area (Å²) in [4.78, 5) is 0. The van der Waals surface area contributed by atoms with Gasteiger partial charge in [-0.2, -0.15) is 5.10 Å². The van der Waals surface area contributed by atoms with Crippen LogP contribution >= 0.6 is 0 Å². The van der Waals surface area contributed by atoms with Crippen LogP contribution < -0.4 is 0 Å². The summed E-state index contributed by atoms with van der Waals surface area (Å²) in [5.74, 6) is 0.653. The van der Waals surface area contributed by atoms with E-state index in [4.69, 9.17) is 4.74 Å². The summed E-state index contributed by atoms with van der Waals surface area (Å²) in [7, 11) is 2.03. The van der Waals surface area contributed by atoms with E-state index in [2.05, 4.69) is 11.2 Å². The molecule has 13 heavy (non-hydrogen) atoms. The maximum atomic E-state index is 5.34. The molecule has 0 spiro atoms. The Morgan fingerprint density at radius 2 is 2.15 bits per heavy atom. The molecule has 0 bridgehead atoms. The highest BCUT2D eigenvalue weighted by Crippen LogP contribution is 2.26. The van der Waals surface area contributed by atoms with Gasteiger partial charge in [0.15, 0.2) is 0 Å². The quantitative estimate of drug-likeness (QED) is 0.656. The second kappa shape index (κ2) is 3.50. The van der Waals surface area contributed by atoms with Crippen LogP contribution in [0.2, 0.25) is 0 Å². The molecule has 0 N–H and O–H groups in total. The molecule has 3 heteroatoms. The molecule has 3 nitrogen and oxygen atoms in total. The van der Waals surface area contributed by atoms with Crippen molar-refractivity contribution in [1.82, 2.24) is 9.78 Å². The summed E-state index contributed by atoms with van der Waals surface area (Å²) in [6.07, 6.45) is 2.28. The van der Waals surface area contributed by atoms with Gasteiger partial charge in [-0.25, -0.2) is 0 Å². The van der Waals surface area contributed by atoms with E-state index in [1.807, 2.05) is 18.7 Å². The summed E-state index contributed by atoms with van der Waals surface area (Å²) in [5.41, 5.74) is 2.48. The van der Waals surface area contributed by atoms with Gasteiger partial charge in [0.25, 0.3) is 0 Å². The van der Waals surface area contributed by atoms with Crippen molar-refractivity contribution in [3.05, 3.63) is 17.5 Å². The van der Waals surface area contributed by atoms with E-state index in [1.165, 1.54) is 5.69 Å². The Labute approximate surface area is 78.7 Å². The zero-order valence-electron chi connectivity index (χ0n) is 8.29. The minimum atomic E-state index is 0.653. The van der Waals surface area contributed by atoms with Crippen LogP contribution in [0.15, 0.2) is 6.07 Å². The summed E-state index contributed by atoms with van der Waals surface area (Å²) in [6.45, 7) is 3.84. The van der Waals surface area contributed by atoms with E-state index in [-0.39, 0.29) is 0 Å². The van der Waals surface area contributed by atoms with Crippen molar-refractivity contribution in [2.24, 2.45) is 7.05 Å². The molecule has 0 aromatic carbocycles. The molecular formula is C10H16N2O. The standard InChI is InChI=1S/C10H16N2O/c1-8-7-10(12(2)11-8)9-3-5-13-6-4-9/h7,9H,3-6H2,1-2H3. The van der Waals surface area contributed by atoms with Crippen molar-refractivity contribution in [2.45, 2.75) is 25.7 Å². The Balaban J connectivity index is 2.18. The van der Waals surface area contributed by atoms with Gasteiger partial charge < -0.3 is 4.74 Å². The highest BCUT2D eigenvalue weighted by molar-refractivity contribution is 5.14. The van der Waals surface area contributed by atoms with Crippen molar-refractivity contribution >= 4 is 0 Å². The molecule has 1 fully saturated rings. The van der Waals surface area contributed by atoms with Gasteiger partial charge in [0.05, 0.1) is 5.69 Å². The number of hydrogen-bond acceptors (Lipinski definition) is 2. The zero-order valence-corrected chi connectivity index (χ0v) is 8.29. The van der Waals surface area contributed by atoms with Crippen molar-refractivity contribution in [3.63, 3.8) is 0 Å². The molecule has 0 saturated carbocycles. The summed E-state index contributed by atoms with van der Waals surface area (Å²) in [6, 6.07) is 2.19. The lowest BCUT2D eigenvalue weighted by Gasteiger charge is -2.21. The van der Waals surface area contributed by atoms with Gasteiger partial charge in [0, 0.05) is 31.9 Å². The lowest BCUT2D eigenvalue weighted by Crippen LogP contribution is -2.16. The third-order valence-electron chi connectivity index (χ3n) is 2.68. The van der Waals surface area contributed by atoms with Gasteiger partial charge in [-0.05, 0) is 25.8 Å². The predicted molar refractivity (Wildman–Crippen MR) is 50.7 cm³/mol. The molecule has 2 heterocycles. The molecule has 1 saturated heterocycles. The van der Waals surface area contributed by atoms with Crippen LogP contribution in [0.25, 0.3) is 0 Å². The average Bonchev–Trinajstić information content (AvgIpc) is 2.47. The van der Waals surface area contributed by atoms with Gasteiger partial charge in [-0.15, -0.1) is 0 Å². The first kappa shape index (κ1) is 8.75. The number of nitrogens with zero attached hydrogens (tertiary/aromatic N) is 2. The number of ether oxygens (including phenoxy) is 1. The van der Waals surface area contributed by atoms with Gasteiger partial charge in [0.1, 0.15) is 0 Å². The van der Waals surface area contributed by atoms with Crippen molar-refractivity contribution in [3.8, 4) is 0 Å². The lowest BCUT2D eigenvalue weighted by atomic mass is 9.96. The molecule has 2 rings (SSSR count). The first-order valence-electron chi connectivity index (χ1n) is 4.85. The fourth-order valence-electron chi connectivity index (χ4n) is 2.01. The summed E-state index contributed by atoms with van der Waals surface area (Å²) < 4.78 is 7.34. The Kier molecular flexibility index (Phi) is 2.36. The van der Waals surface area contributed by atoms with E-state index in [0.717, 1.165) is 31.7 Å². The molecule has 72 valence electrons. The van der Waals surface area contributed by atoms with Crippen molar-refractivity contribution < 1.29 is 4.74 Å². The molecule has 1 aliphatic rings. The van der Waals surface area contributed by atoms with Crippen LogP contribution in [-0.4, -0.2) is 23.0 Å². The van der Waals surface area contributed by atoms with Crippen molar-refractivity contribution in [1.29, 1.82) is 0 Å². The SMILES string of the molecule is Cc1cc(C2CCOCC2)n(C)n1. The first-order valence-corrected chi connectivity index (χ1v) is 4.85. The van der Waals surface area contributed by atoms with Crippen LogP contribution in [0.4, 0.5) is 0 Å². The van der Waals surface area contributed by atoms with Crippen LogP contribution in [0.1, 0.15) is 30.1 Å². The van der Waals surface area contributed by atoms with Crippen LogP contribution in [0, 0.1) is 6.92 Å². The predicted octanol–water partition coefficient (Wildman–Crippen LogP) is 1.62. The number of aryl methyl sites for hydroxylation is 2. The number of hydrogen-bond donors (Lipinski definition) is 0. The molecule has 0 atom stereocenters. The first-order chi connectivity index (χ1) is 6.27. The highest BCUT2D eigenvalue weighted by Gasteiger charge is 2.18. The van der Waals surface area contributed by atoms with E-state index in [9.17, 15) is 0 Å². The fraction of sp³-hybridized carbons (Fsp3) is 0.700. The third kappa shape index (κ3) is 1.75. The van der Waals surface area contributed by atoms with E-state index >= 15 is 0 Å². The Morgan fingerprint density at radius 1 is 1.46 bits per heavy atom. The molecule has 0 aliphatic carbocycles. The van der Waals surface area contributed by atoms with Gasteiger partial charge in [-0.1, -0.05) is 0 Å². The van der Waals surface area contributed by atoms with Crippen LogP contribution in [0.3, 0.4) is 0 Å². The second-order valence-electron chi connectivity index (χ2n) is 3.72. The third-order valence-corrected chi connectivity index (χ3v) is 2.68. The van der Waals surface area contributed by atoms with Gasteiger partial charge in [-0.3, -0.25) is 4.68 Å². The maximum Gasteiger partial charge on any atom is 0.0596 e. The summed E-state index contributed by atoms with van der Waals surface area (Å²) >= 11 is 0. The Bertz CT molecular complexity index is 287. The van der Waals surface area contributed by atoms with Crippen LogP contribution in [-0.2, 0) is 11.8 Å². The number of aromatic nitrogens is 2. The molecule has 1 aromatic rings. The van der Waals surface area contributed by atoms with Crippen LogP contribution in [0.5, 0.6) is 0 Å². The van der Waals surface area contributed by atoms with E-state index in [1.54, 1.807) is 0 Å². The molecular weight excluding hydrogens is 164 g/mol. The normalized spacial score (nSPS) is 19.2. The number of rotatable bonds is 1. The van der Waals surface area contributed by atoms with Gasteiger partial charge >= 0.3 is 0 Å². The van der Waals surface area contributed by atoms with Crippen molar-refractivity contribution in [2.75, 3.05) is 13.2 Å². The second-order valence-corrected chi connectivity index (χ2v) is 3.72. The molecule has 0 unspecified atom stereocenters. The van der Waals surface area contributed by atoms with E-state index in [0.29, 0.717) is 5.92 Å². The van der Waals surface area contributed by atoms with E-state index < -0.39 is 0 Å². The Hall–Kier alpha value is -0.830. The lowest BCUT2D eigenvalue weighted by molar-refractivity contribution is 0.0837. The monoisotopic (exact) mass is 180 g/mol. The molecule has 0 radical (unpaired) electrons. The Morgan fingerprint density at radius 3 is 2.69 bits per heavy atom. The zero-order chi connectivity index (χ0) is 9.26. The maximum absolute atomic E-state index is 5.34. The molecule has 1 aliphatic heterocycles. The fourth-order valence-corrected chi connectivity index (χ4v) is 2.01. The average molecular weight is 180 g/mol.